The van der Waals surface area contributed by atoms with Crippen LogP contribution in [0.25, 0.3) is 11.3 Å². The fourth-order valence-electron chi connectivity index (χ4n) is 2.51. The highest BCUT2D eigenvalue weighted by molar-refractivity contribution is 7.92. The van der Waals surface area contributed by atoms with Crippen LogP contribution in [0.3, 0.4) is 0 Å². The summed E-state index contributed by atoms with van der Waals surface area (Å²) in [5.41, 5.74) is 1.07. The average molecular weight is 402 g/mol. The molecule has 3 rings (SSSR count). The van der Waals surface area contributed by atoms with Gasteiger partial charge in [0.1, 0.15) is 5.76 Å². The number of nitro benzene ring substituents is 1. The minimum absolute atomic E-state index is 0.156. The number of benzene rings is 2. The normalized spacial score (nSPS) is 11.2. The fourth-order valence-corrected chi connectivity index (χ4v) is 3.58. The molecule has 0 spiro atoms. The first-order chi connectivity index (χ1) is 13.2. The number of aryl methyl sites for hydroxylation is 1. The van der Waals surface area contributed by atoms with E-state index in [0.717, 1.165) is 29.8 Å². The zero-order chi connectivity index (χ0) is 20.5. The second kappa shape index (κ2) is 7.16. The number of nitrogens with one attached hydrogen (secondary N) is 1. The SMILES string of the molecule is Cc1ccc(-c2ccc(C(=O)O)o2)c(NS(=O)(=O)c2ccc([N+](=O)[O-])cc2)c1. The van der Waals surface area contributed by atoms with Crippen LogP contribution in [0.5, 0.6) is 0 Å². The van der Waals surface area contributed by atoms with Crippen LogP contribution in [0.4, 0.5) is 11.4 Å². The lowest BCUT2D eigenvalue weighted by Gasteiger charge is -2.12. The smallest absolute Gasteiger partial charge is 0.371 e. The third-order valence-electron chi connectivity index (χ3n) is 3.86. The summed E-state index contributed by atoms with van der Waals surface area (Å²) in [7, 11) is -4.04. The van der Waals surface area contributed by atoms with Crippen molar-refractivity contribution in [1.82, 2.24) is 0 Å². The molecule has 0 aliphatic carbocycles. The van der Waals surface area contributed by atoms with Crippen molar-refractivity contribution in [1.29, 1.82) is 0 Å². The van der Waals surface area contributed by atoms with Gasteiger partial charge in [0, 0.05) is 17.7 Å². The van der Waals surface area contributed by atoms with Crippen LogP contribution in [0.15, 0.2) is 63.9 Å². The number of non-ortho nitro benzene ring substituents is 1. The number of anilines is 1. The first kappa shape index (κ1) is 19.1. The third-order valence-corrected chi connectivity index (χ3v) is 5.24. The minimum Gasteiger partial charge on any atom is -0.475 e. The van der Waals surface area contributed by atoms with Crippen molar-refractivity contribution in [3.8, 4) is 11.3 Å². The molecule has 0 saturated carbocycles. The largest absolute Gasteiger partial charge is 0.475 e. The highest BCUT2D eigenvalue weighted by atomic mass is 32.2. The molecule has 0 saturated heterocycles. The summed E-state index contributed by atoms with van der Waals surface area (Å²) in [5, 5.41) is 19.7. The first-order valence-corrected chi connectivity index (χ1v) is 9.37. The van der Waals surface area contributed by atoms with Gasteiger partial charge < -0.3 is 9.52 Å². The fraction of sp³-hybridized carbons (Fsp3) is 0.0556. The number of furan rings is 1. The van der Waals surface area contributed by atoms with E-state index in [1.54, 1.807) is 25.1 Å². The second-order valence-corrected chi connectivity index (χ2v) is 7.56. The topological polar surface area (TPSA) is 140 Å². The Morgan fingerprint density at radius 2 is 1.79 bits per heavy atom. The van der Waals surface area contributed by atoms with Gasteiger partial charge in [0.25, 0.3) is 15.7 Å². The van der Waals surface area contributed by atoms with Gasteiger partial charge in [-0.3, -0.25) is 14.8 Å². The molecule has 28 heavy (non-hydrogen) atoms. The van der Waals surface area contributed by atoms with Gasteiger partial charge in [-0.1, -0.05) is 6.07 Å². The van der Waals surface area contributed by atoms with Gasteiger partial charge in [-0.2, -0.15) is 0 Å². The molecule has 0 amide bonds. The number of carboxylic acids is 1. The van der Waals surface area contributed by atoms with E-state index in [9.17, 15) is 23.3 Å². The molecule has 9 nitrogen and oxygen atoms in total. The van der Waals surface area contributed by atoms with Crippen LogP contribution in [0.1, 0.15) is 16.1 Å². The van der Waals surface area contributed by atoms with Crippen LogP contribution in [-0.4, -0.2) is 24.4 Å². The van der Waals surface area contributed by atoms with Gasteiger partial charge in [0.2, 0.25) is 5.76 Å². The summed E-state index contributed by atoms with van der Waals surface area (Å²) < 4.78 is 33.1. The molecular weight excluding hydrogens is 388 g/mol. The number of carbonyl (C=O) groups is 1. The maximum atomic E-state index is 12.7. The quantitative estimate of drug-likeness (QED) is 0.473. The van der Waals surface area contributed by atoms with E-state index in [-0.39, 0.29) is 27.8 Å². The number of rotatable bonds is 6. The van der Waals surface area contributed by atoms with Crippen LogP contribution in [0.2, 0.25) is 0 Å². The lowest BCUT2D eigenvalue weighted by Crippen LogP contribution is -2.13. The van der Waals surface area contributed by atoms with Crippen molar-refractivity contribution in [3.05, 3.63) is 76.0 Å². The van der Waals surface area contributed by atoms with Crippen molar-refractivity contribution in [2.75, 3.05) is 4.72 Å². The Morgan fingerprint density at radius 3 is 2.36 bits per heavy atom. The summed E-state index contributed by atoms with van der Waals surface area (Å²) in [4.78, 5) is 21.0. The van der Waals surface area contributed by atoms with Crippen molar-refractivity contribution >= 4 is 27.4 Å². The molecule has 0 atom stereocenters. The van der Waals surface area contributed by atoms with Crippen LogP contribution in [0, 0.1) is 17.0 Å². The Hall–Kier alpha value is -3.66. The Morgan fingerprint density at radius 1 is 1.11 bits per heavy atom. The molecular formula is C18H14N2O7S. The number of aromatic carboxylic acids is 1. The lowest BCUT2D eigenvalue weighted by atomic mass is 10.1. The summed E-state index contributed by atoms with van der Waals surface area (Å²) in [6.07, 6.45) is 0. The third kappa shape index (κ3) is 3.86. The number of carboxylic acid groups (broad SMARTS) is 1. The predicted octanol–water partition coefficient (Wildman–Crippen LogP) is 3.66. The highest BCUT2D eigenvalue weighted by Gasteiger charge is 2.20. The number of nitro groups is 1. The Bertz CT molecular complexity index is 1160. The van der Waals surface area contributed by atoms with Gasteiger partial charge in [0.05, 0.1) is 15.5 Å². The average Bonchev–Trinajstić information content (AvgIpc) is 3.12. The van der Waals surface area contributed by atoms with Crippen molar-refractivity contribution in [3.63, 3.8) is 0 Å². The molecule has 2 N–H and O–H groups in total. The van der Waals surface area contributed by atoms with Crippen LogP contribution >= 0.6 is 0 Å². The first-order valence-electron chi connectivity index (χ1n) is 7.89. The second-order valence-electron chi connectivity index (χ2n) is 5.87. The molecule has 10 heteroatoms. The number of sulfonamides is 1. The molecule has 1 heterocycles. The molecule has 0 aliphatic heterocycles. The molecule has 0 fully saturated rings. The molecule has 0 bridgehead atoms. The maximum Gasteiger partial charge on any atom is 0.371 e. The van der Waals surface area contributed by atoms with Crippen molar-refractivity contribution in [2.24, 2.45) is 0 Å². The predicted molar refractivity (Wildman–Crippen MR) is 99.7 cm³/mol. The lowest BCUT2D eigenvalue weighted by molar-refractivity contribution is -0.384. The number of hydrogen-bond donors (Lipinski definition) is 2. The monoisotopic (exact) mass is 402 g/mol. The van der Waals surface area contributed by atoms with E-state index in [0.29, 0.717) is 5.56 Å². The molecule has 2 aromatic carbocycles. The Labute approximate surface area is 159 Å². The standard InChI is InChI=1S/C18H14N2O7S/c1-11-2-7-14(16-8-9-17(27-16)18(21)22)15(10-11)19-28(25,26)13-5-3-12(4-6-13)20(23)24/h2-10,19H,1H3,(H,21,22). The van der Waals surface area contributed by atoms with Gasteiger partial charge >= 0.3 is 5.97 Å². The summed E-state index contributed by atoms with van der Waals surface area (Å²) in [6, 6.07) is 12.0. The molecule has 144 valence electrons. The van der Waals surface area contributed by atoms with Gasteiger partial charge in [0.15, 0.2) is 0 Å². The summed E-state index contributed by atoms with van der Waals surface area (Å²) in [6.45, 7) is 1.76. The summed E-state index contributed by atoms with van der Waals surface area (Å²) >= 11 is 0. The molecule has 3 aromatic rings. The van der Waals surface area contributed by atoms with E-state index < -0.39 is 20.9 Å². The molecule has 0 unspecified atom stereocenters. The van der Waals surface area contributed by atoms with Gasteiger partial charge in [-0.05, 0) is 48.9 Å². The Balaban J connectivity index is 1.99. The van der Waals surface area contributed by atoms with E-state index in [4.69, 9.17) is 9.52 Å². The number of hydrogen-bond acceptors (Lipinski definition) is 6. The Kier molecular flexibility index (Phi) is 4.89. The number of nitrogens with zero attached hydrogens (tertiary/aromatic N) is 1. The highest BCUT2D eigenvalue weighted by Crippen LogP contribution is 2.32. The maximum absolute atomic E-state index is 12.7. The molecule has 1 aromatic heterocycles. The van der Waals surface area contributed by atoms with Gasteiger partial charge in [-0.15, -0.1) is 0 Å². The van der Waals surface area contributed by atoms with E-state index in [1.165, 1.54) is 12.1 Å². The molecule has 0 aliphatic rings. The van der Waals surface area contributed by atoms with Crippen LogP contribution in [-0.2, 0) is 10.0 Å². The van der Waals surface area contributed by atoms with Gasteiger partial charge in [-0.25, -0.2) is 13.2 Å². The van der Waals surface area contributed by atoms with Crippen LogP contribution < -0.4 is 4.72 Å². The molecule has 0 radical (unpaired) electrons. The van der Waals surface area contributed by atoms with Crippen molar-refractivity contribution in [2.45, 2.75) is 11.8 Å². The van der Waals surface area contributed by atoms with Crippen molar-refractivity contribution < 1.29 is 27.7 Å². The zero-order valence-electron chi connectivity index (χ0n) is 14.4. The van der Waals surface area contributed by atoms with E-state index in [1.807, 2.05) is 0 Å². The van der Waals surface area contributed by atoms with E-state index in [2.05, 4.69) is 4.72 Å². The zero-order valence-corrected chi connectivity index (χ0v) is 15.3. The minimum atomic E-state index is -4.04. The summed E-state index contributed by atoms with van der Waals surface area (Å²) in [5.74, 6) is -1.34. The van der Waals surface area contributed by atoms with E-state index >= 15 is 0 Å².